The van der Waals surface area contributed by atoms with Crippen LogP contribution in [0.4, 0.5) is 13.2 Å². The number of carbonyl (C=O) groups is 1. The summed E-state index contributed by atoms with van der Waals surface area (Å²) in [5.41, 5.74) is 1.98. The van der Waals surface area contributed by atoms with E-state index in [2.05, 4.69) is 20.6 Å². The Morgan fingerprint density at radius 2 is 1.97 bits per heavy atom. The van der Waals surface area contributed by atoms with E-state index in [9.17, 15) is 18.0 Å². The molecule has 10 heteroatoms. The summed E-state index contributed by atoms with van der Waals surface area (Å²) in [4.78, 5) is 16.1. The molecule has 0 spiro atoms. The monoisotopic (exact) mass is 443 g/mol. The smallest absolute Gasteiger partial charge is 0.266 e. The van der Waals surface area contributed by atoms with Gasteiger partial charge >= 0.3 is 6.18 Å². The summed E-state index contributed by atoms with van der Waals surface area (Å²) in [7, 11) is 0. The zero-order valence-electron chi connectivity index (χ0n) is 16.2. The fourth-order valence-corrected chi connectivity index (χ4v) is 3.70. The lowest BCUT2D eigenvalue weighted by Gasteiger charge is -2.06. The minimum absolute atomic E-state index is 0.0378. The predicted molar refractivity (Wildman–Crippen MR) is 113 cm³/mol. The quantitative estimate of drug-likeness (QED) is 0.336. The van der Waals surface area contributed by atoms with Crippen LogP contribution in [0.5, 0.6) is 0 Å². The average Bonchev–Trinajstić information content (AvgIpc) is 3.41. The largest absolute Gasteiger partial charge is 0.433 e. The fraction of sp³-hybridized carbons (Fsp3) is 0.143. The van der Waals surface area contributed by atoms with Crippen LogP contribution in [-0.4, -0.2) is 26.9 Å². The van der Waals surface area contributed by atoms with E-state index >= 15 is 0 Å². The Balaban J connectivity index is 1.73. The number of nitrogens with zero attached hydrogens (tertiary/aromatic N) is 4. The molecule has 0 unspecified atom stereocenters. The number of hydrogen-bond donors (Lipinski definition) is 1. The number of fused-ring (bicyclic) bond motifs is 1. The van der Waals surface area contributed by atoms with Crippen molar-refractivity contribution in [1.82, 2.24) is 20.2 Å². The number of hydrogen-bond acceptors (Lipinski definition) is 5. The molecule has 2 heterocycles. The lowest BCUT2D eigenvalue weighted by molar-refractivity contribution is -0.142. The van der Waals surface area contributed by atoms with E-state index in [0.29, 0.717) is 12.0 Å². The van der Waals surface area contributed by atoms with Gasteiger partial charge in [-0.3, -0.25) is 4.79 Å². The first-order chi connectivity index (χ1) is 14.9. The fourth-order valence-electron chi connectivity index (χ4n) is 2.94. The molecule has 158 valence electrons. The Morgan fingerprint density at radius 1 is 1.19 bits per heavy atom. The predicted octanol–water partition coefficient (Wildman–Crippen LogP) is 5.29. The van der Waals surface area contributed by atoms with Crippen LogP contribution in [0.1, 0.15) is 29.5 Å². The molecule has 0 aliphatic heterocycles. The van der Waals surface area contributed by atoms with Crippen molar-refractivity contribution in [3.63, 3.8) is 0 Å². The minimum Gasteiger partial charge on any atom is -0.266 e. The van der Waals surface area contributed by atoms with E-state index < -0.39 is 17.8 Å². The van der Waals surface area contributed by atoms with E-state index in [1.54, 1.807) is 12.1 Å². The Hall–Kier alpha value is -3.53. The van der Waals surface area contributed by atoms with Crippen molar-refractivity contribution >= 4 is 34.2 Å². The highest BCUT2D eigenvalue weighted by Gasteiger charge is 2.37. The second kappa shape index (κ2) is 8.31. The number of nitrogens with one attached hydrogen (secondary N) is 1. The summed E-state index contributed by atoms with van der Waals surface area (Å²) in [5.74, 6) is -0.609. The molecule has 0 aliphatic carbocycles. The van der Waals surface area contributed by atoms with E-state index in [1.807, 2.05) is 37.3 Å². The molecule has 0 saturated heterocycles. The Kier molecular flexibility index (Phi) is 5.55. The molecular formula is C21H16F3N5OS. The number of aromatic nitrogens is 3. The molecular weight excluding hydrogens is 427 g/mol. The van der Waals surface area contributed by atoms with Gasteiger partial charge in [0.25, 0.3) is 5.91 Å². The highest BCUT2D eigenvalue weighted by atomic mass is 32.1. The second-order valence-electron chi connectivity index (χ2n) is 6.56. The number of hydrazone groups is 1. The zero-order chi connectivity index (χ0) is 22.0. The Morgan fingerprint density at radius 3 is 2.71 bits per heavy atom. The number of benzene rings is 2. The minimum atomic E-state index is -4.65. The maximum absolute atomic E-state index is 13.7. The van der Waals surface area contributed by atoms with Crippen LogP contribution in [0.2, 0.25) is 0 Å². The number of halogens is 3. The molecule has 0 atom stereocenters. The van der Waals surface area contributed by atoms with Gasteiger partial charge in [0.05, 0.1) is 5.69 Å². The van der Waals surface area contributed by atoms with Gasteiger partial charge in [-0.05, 0) is 29.3 Å². The van der Waals surface area contributed by atoms with Crippen LogP contribution < -0.4 is 5.43 Å². The van der Waals surface area contributed by atoms with Gasteiger partial charge in [0.15, 0.2) is 5.69 Å². The van der Waals surface area contributed by atoms with Gasteiger partial charge < -0.3 is 0 Å². The Labute approximate surface area is 179 Å². The molecule has 0 fully saturated rings. The number of alkyl halides is 3. The Bertz CT molecular complexity index is 1280. The van der Waals surface area contributed by atoms with Crippen LogP contribution in [0.3, 0.4) is 0 Å². The number of carbonyl (C=O) groups excluding carboxylic acids is 1. The lowest BCUT2D eigenvalue weighted by atomic mass is 10.1. The molecule has 0 aliphatic rings. The van der Waals surface area contributed by atoms with Crippen molar-refractivity contribution in [3.05, 3.63) is 65.3 Å². The topological polar surface area (TPSA) is 72.2 Å². The van der Waals surface area contributed by atoms with Crippen LogP contribution in [0, 0.1) is 0 Å². The van der Waals surface area contributed by atoms with E-state index in [4.69, 9.17) is 0 Å². The summed E-state index contributed by atoms with van der Waals surface area (Å²) in [6, 6.07) is 13.9. The third-order valence-electron chi connectivity index (χ3n) is 4.39. The van der Waals surface area contributed by atoms with E-state index in [1.165, 1.54) is 11.6 Å². The maximum Gasteiger partial charge on any atom is 0.433 e. The van der Waals surface area contributed by atoms with Gasteiger partial charge in [-0.15, -0.1) is 11.3 Å². The van der Waals surface area contributed by atoms with Crippen molar-refractivity contribution in [2.45, 2.75) is 19.5 Å². The number of rotatable bonds is 5. The summed E-state index contributed by atoms with van der Waals surface area (Å²) >= 11 is 0.888. The number of thiazole rings is 1. The van der Waals surface area contributed by atoms with E-state index in [0.717, 1.165) is 32.9 Å². The van der Waals surface area contributed by atoms with Crippen LogP contribution in [-0.2, 0) is 6.18 Å². The van der Waals surface area contributed by atoms with Gasteiger partial charge in [-0.1, -0.05) is 43.3 Å². The number of amides is 1. The van der Waals surface area contributed by atoms with E-state index in [-0.39, 0.29) is 16.5 Å². The molecule has 4 aromatic rings. The van der Waals surface area contributed by atoms with Crippen LogP contribution in [0.15, 0.2) is 59.0 Å². The summed E-state index contributed by atoms with van der Waals surface area (Å²) in [6.07, 6.45) is -2.53. The molecule has 0 bridgehead atoms. The molecule has 31 heavy (non-hydrogen) atoms. The molecule has 6 nitrogen and oxygen atoms in total. The average molecular weight is 443 g/mol. The molecule has 4 rings (SSSR count). The molecule has 1 N–H and O–H groups in total. The van der Waals surface area contributed by atoms with Crippen molar-refractivity contribution in [2.75, 3.05) is 0 Å². The lowest BCUT2D eigenvalue weighted by Crippen LogP contribution is -2.18. The molecule has 2 aromatic carbocycles. The normalized spacial score (nSPS) is 12.0. The third kappa shape index (κ3) is 4.33. The summed E-state index contributed by atoms with van der Waals surface area (Å²) in [5, 5.41) is 11.0. The van der Waals surface area contributed by atoms with Gasteiger partial charge in [-0.25, -0.2) is 15.1 Å². The molecule has 0 radical (unpaired) electrons. The molecule has 1 amide bonds. The van der Waals surface area contributed by atoms with Crippen LogP contribution >= 0.6 is 11.3 Å². The first-order valence-corrected chi connectivity index (χ1v) is 10.2. The summed E-state index contributed by atoms with van der Waals surface area (Å²) in [6.45, 7) is 1.85. The van der Waals surface area contributed by atoms with Gasteiger partial charge in [0, 0.05) is 17.2 Å². The molecule has 0 saturated carbocycles. The van der Waals surface area contributed by atoms with Crippen molar-refractivity contribution in [1.29, 1.82) is 0 Å². The second-order valence-corrected chi connectivity index (χ2v) is 7.40. The SMILES string of the molecule is CC/C=N/NC(=O)c1csc(-n2nc(-c3ccc4ccccc4c3)cc2C(F)(F)F)n1. The van der Waals surface area contributed by atoms with Crippen molar-refractivity contribution < 1.29 is 18.0 Å². The highest BCUT2D eigenvalue weighted by Crippen LogP contribution is 2.35. The van der Waals surface area contributed by atoms with Gasteiger partial charge in [0.1, 0.15) is 5.69 Å². The third-order valence-corrected chi connectivity index (χ3v) is 5.21. The van der Waals surface area contributed by atoms with Crippen LogP contribution in [0.25, 0.3) is 27.2 Å². The van der Waals surface area contributed by atoms with Gasteiger partial charge in [-0.2, -0.15) is 23.4 Å². The molecule has 2 aromatic heterocycles. The maximum atomic E-state index is 13.7. The first kappa shape index (κ1) is 20.7. The van der Waals surface area contributed by atoms with Crippen molar-refractivity contribution in [3.8, 4) is 16.4 Å². The highest BCUT2D eigenvalue weighted by molar-refractivity contribution is 7.12. The first-order valence-electron chi connectivity index (χ1n) is 9.31. The summed E-state index contributed by atoms with van der Waals surface area (Å²) < 4.78 is 41.8. The standard InChI is InChI=1S/C21H16F3N5OS/c1-2-9-25-27-19(30)17-12-31-20(26-17)29-18(21(22,23)24)11-16(28-29)15-8-7-13-5-3-4-6-14(13)10-15/h3-12H,2H2,1H3,(H,27,30)/b25-9+. The zero-order valence-corrected chi connectivity index (χ0v) is 17.0. The van der Waals surface area contributed by atoms with Crippen molar-refractivity contribution in [2.24, 2.45) is 5.10 Å². The van der Waals surface area contributed by atoms with Gasteiger partial charge in [0.2, 0.25) is 5.13 Å².